The van der Waals surface area contributed by atoms with Crippen molar-refractivity contribution < 1.29 is 18.3 Å². The Morgan fingerprint density at radius 1 is 1.18 bits per heavy atom. The maximum Gasteiger partial charge on any atom is 0.368 e. The summed E-state index contributed by atoms with van der Waals surface area (Å²) in [6.07, 6.45) is 5.43. The van der Waals surface area contributed by atoms with Crippen LogP contribution in [-0.2, 0) is 11.8 Å². The van der Waals surface area contributed by atoms with Gasteiger partial charge < -0.3 is 20.1 Å². The van der Waals surface area contributed by atoms with Crippen LogP contribution in [-0.4, -0.2) is 78.1 Å². The minimum Gasteiger partial charge on any atom is -0.486 e. The molecule has 3 saturated heterocycles. The van der Waals surface area contributed by atoms with Gasteiger partial charge in [-0.2, -0.15) is 14.3 Å². The first-order valence-corrected chi connectivity index (χ1v) is 13.6. The summed E-state index contributed by atoms with van der Waals surface area (Å²) in [5.41, 5.74) is -0.403. The molecule has 0 radical (unpaired) electrons. The Bertz CT molecular complexity index is 1450. The number of fused-ring (bicyclic) bond motifs is 1. The first-order valence-electron chi connectivity index (χ1n) is 13.6. The van der Waals surface area contributed by atoms with E-state index in [1.165, 1.54) is 19.5 Å². The Balaban J connectivity index is 1.27. The van der Waals surface area contributed by atoms with Gasteiger partial charge in [0.2, 0.25) is 5.95 Å². The Morgan fingerprint density at radius 3 is 2.77 bits per heavy atom. The fourth-order valence-electron chi connectivity index (χ4n) is 6.11. The zero-order chi connectivity index (χ0) is 28.0. The summed E-state index contributed by atoms with van der Waals surface area (Å²) in [6.45, 7) is 6.42. The summed E-state index contributed by atoms with van der Waals surface area (Å²) >= 11 is 0. The highest BCUT2D eigenvalue weighted by molar-refractivity contribution is 5.63. The average Bonchev–Trinajstić information content (AvgIpc) is 3.66. The van der Waals surface area contributed by atoms with Crippen LogP contribution in [0.5, 0.6) is 5.75 Å². The van der Waals surface area contributed by atoms with Gasteiger partial charge in [-0.3, -0.25) is 4.90 Å². The van der Waals surface area contributed by atoms with Crippen LogP contribution >= 0.6 is 0 Å². The molecule has 6 rings (SSSR count). The number of piperidine rings is 1. The van der Waals surface area contributed by atoms with Crippen LogP contribution in [0.15, 0.2) is 23.1 Å². The van der Waals surface area contributed by atoms with E-state index in [0.717, 1.165) is 47.4 Å². The Labute approximate surface area is 229 Å². The van der Waals surface area contributed by atoms with Crippen molar-refractivity contribution in [1.82, 2.24) is 34.7 Å². The minimum atomic E-state index is -0.674. The van der Waals surface area contributed by atoms with E-state index in [1.54, 1.807) is 0 Å². The molecule has 3 atom stereocenters. The number of benzene rings is 1. The topological polar surface area (TPSA) is 124 Å². The van der Waals surface area contributed by atoms with Gasteiger partial charge in [0.05, 0.1) is 25.1 Å². The van der Waals surface area contributed by atoms with Crippen molar-refractivity contribution in [3.63, 3.8) is 0 Å². The molecule has 2 N–H and O–H groups in total. The number of tetrazole rings is 1. The van der Waals surface area contributed by atoms with Crippen LogP contribution < -0.4 is 21.1 Å². The highest BCUT2D eigenvalue weighted by Gasteiger charge is 2.43. The summed E-state index contributed by atoms with van der Waals surface area (Å²) in [6, 6.07) is 3.03. The first kappa shape index (κ1) is 26.6. The predicted molar refractivity (Wildman–Crippen MR) is 142 cm³/mol. The summed E-state index contributed by atoms with van der Waals surface area (Å²) in [5, 5.41) is 13.7. The van der Waals surface area contributed by atoms with E-state index in [2.05, 4.69) is 49.8 Å². The number of rotatable bonds is 7. The molecule has 1 unspecified atom stereocenters. The summed E-state index contributed by atoms with van der Waals surface area (Å²) in [4.78, 5) is 23.5. The lowest BCUT2D eigenvalue weighted by molar-refractivity contribution is 0.0500. The number of halogens is 2. The lowest BCUT2D eigenvalue weighted by Gasteiger charge is -2.47. The number of anilines is 3. The molecule has 14 heteroatoms. The minimum absolute atomic E-state index is 0.00401. The van der Waals surface area contributed by atoms with E-state index in [0.29, 0.717) is 25.7 Å². The Morgan fingerprint density at radius 2 is 2.02 bits per heavy atom. The van der Waals surface area contributed by atoms with Crippen LogP contribution in [0.25, 0.3) is 5.69 Å². The molecule has 5 heterocycles. The number of ether oxygens (including phenoxy) is 2. The molecular formula is C26H33F2N9O3. The third kappa shape index (κ3) is 5.12. The molecule has 3 fully saturated rings. The number of aryl methyl sites for hydroxylation is 1. The quantitative estimate of drug-likeness (QED) is 0.448. The van der Waals surface area contributed by atoms with Crippen molar-refractivity contribution in [1.29, 1.82) is 0 Å². The second-order valence-electron chi connectivity index (χ2n) is 11.3. The van der Waals surface area contributed by atoms with Crippen LogP contribution in [0.3, 0.4) is 0 Å². The van der Waals surface area contributed by atoms with Gasteiger partial charge in [0.25, 0.3) is 0 Å². The third-order valence-electron chi connectivity index (χ3n) is 7.97. The molecular weight excluding hydrogens is 524 g/mol. The van der Waals surface area contributed by atoms with Gasteiger partial charge in [0, 0.05) is 37.2 Å². The van der Waals surface area contributed by atoms with E-state index in [9.17, 15) is 9.18 Å². The molecule has 2 aromatic heterocycles. The average molecular weight is 558 g/mol. The monoisotopic (exact) mass is 557 g/mol. The van der Waals surface area contributed by atoms with Crippen LogP contribution in [0, 0.1) is 11.6 Å². The molecule has 3 aliphatic rings. The van der Waals surface area contributed by atoms with Crippen LogP contribution in [0.2, 0.25) is 0 Å². The Hall–Kier alpha value is -3.65. The van der Waals surface area contributed by atoms with E-state index in [-0.39, 0.29) is 46.6 Å². The van der Waals surface area contributed by atoms with E-state index < -0.39 is 17.3 Å². The van der Waals surface area contributed by atoms with Gasteiger partial charge in [0.15, 0.2) is 17.5 Å². The first-order chi connectivity index (χ1) is 19.2. The van der Waals surface area contributed by atoms with Gasteiger partial charge in [-0.15, -0.1) is 0 Å². The largest absolute Gasteiger partial charge is 0.486 e. The highest BCUT2D eigenvalue weighted by atomic mass is 19.1. The fraction of sp³-hybridized carbons (Fsp3) is 0.577. The summed E-state index contributed by atoms with van der Waals surface area (Å²) < 4.78 is 43.5. The van der Waals surface area contributed by atoms with Crippen molar-refractivity contribution >= 4 is 17.5 Å². The van der Waals surface area contributed by atoms with Gasteiger partial charge >= 0.3 is 5.69 Å². The number of nitrogens with zero attached hydrogens (tertiary/aromatic N) is 7. The third-order valence-corrected chi connectivity index (χ3v) is 7.97. The highest BCUT2D eigenvalue weighted by Crippen LogP contribution is 2.39. The molecule has 3 aromatic rings. The molecule has 3 aliphatic heterocycles. The van der Waals surface area contributed by atoms with Crippen molar-refractivity contribution in [2.24, 2.45) is 7.05 Å². The molecule has 214 valence electrons. The lowest BCUT2D eigenvalue weighted by Crippen LogP contribution is -2.55. The normalized spacial score (nSPS) is 24.2. The zero-order valence-electron chi connectivity index (χ0n) is 22.7. The van der Waals surface area contributed by atoms with Crippen molar-refractivity contribution in [2.75, 3.05) is 30.4 Å². The molecule has 0 aliphatic carbocycles. The summed E-state index contributed by atoms with van der Waals surface area (Å²) in [5.74, 6) is -1.10. The molecule has 0 amide bonds. The second-order valence-corrected chi connectivity index (χ2v) is 11.3. The van der Waals surface area contributed by atoms with Crippen molar-refractivity contribution in [2.45, 2.75) is 69.7 Å². The molecule has 12 nitrogen and oxygen atoms in total. The van der Waals surface area contributed by atoms with Crippen LogP contribution in [0.4, 0.5) is 26.2 Å². The van der Waals surface area contributed by atoms with Gasteiger partial charge in [-0.1, -0.05) is 0 Å². The van der Waals surface area contributed by atoms with Crippen molar-refractivity contribution in [3.8, 4) is 11.4 Å². The van der Waals surface area contributed by atoms with Gasteiger partial charge in [-0.05, 0) is 62.6 Å². The van der Waals surface area contributed by atoms with E-state index in [1.807, 2.05) is 0 Å². The Kier molecular flexibility index (Phi) is 6.90. The number of aromatic nitrogens is 6. The predicted octanol–water partition coefficient (Wildman–Crippen LogP) is 2.76. The molecule has 1 aromatic carbocycles. The van der Waals surface area contributed by atoms with Crippen molar-refractivity contribution in [3.05, 3.63) is 40.4 Å². The smallest absolute Gasteiger partial charge is 0.368 e. The standard InChI is InChI=1S/C26H33F2N9O3/c1-26(2)12-15(9-16-5-4-7-36(16)26)30-23-19(28)13-29-24(32-23)31-20-11-21(37-25(38)35(3)33-34-37)22(10-18(20)27)40-17-6-8-39-14-17/h10-11,13,15-17H,4-9,12,14H2,1-3H3,(H2,29,30,31,32)/t15-,16+,17?/m1/s1. The number of hydrogen-bond donors (Lipinski definition) is 2. The maximum atomic E-state index is 15.3. The molecule has 0 bridgehead atoms. The summed E-state index contributed by atoms with van der Waals surface area (Å²) in [7, 11) is 1.46. The van der Waals surface area contributed by atoms with E-state index >= 15 is 4.39 Å². The maximum absolute atomic E-state index is 15.3. The van der Waals surface area contributed by atoms with Gasteiger partial charge in [0.1, 0.15) is 17.5 Å². The number of nitrogens with one attached hydrogen (secondary N) is 2. The number of hydrogen-bond acceptors (Lipinski definition) is 10. The zero-order valence-corrected chi connectivity index (χ0v) is 22.7. The van der Waals surface area contributed by atoms with Gasteiger partial charge in [-0.25, -0.2) is 18.6 Å². The van der Waals surface area contributed by atoms with E-state index in [4.69, 9.17) is 9.47 Å². The molecule has 40 heavy (non-hydrogen) atoms. The lowest BCUT2D eigenvalue weighted by atomic mass is 9.84. The SMILES string of the molecule is Cn1nnn(-c2cc(Nc3ncc(F)c(N[C@@H]4C[C@@H]5CCCN5C(C)(C)C4)n3)c(F)cc2OC2CCOC2)c1=O. The molecule has 0 saturated carbocycles. The second kappa shape index (κ2) is 10.4. The van der Waals surface area contributed by atoms with Crippen LogP contribution in [0.1, 0.15) is 46.0 Å². The molecule has 0 spiro atoms. The fourth-order valence-corrected chi connectivity index (χ4v) is 6.11.